The fraction of sp³-hybridized carbons (Fsp3) is 0.150. The zero-order chi connectivity index (χ0) is 19.1. The number of carbonyl (C=O) groups is 2. The zero-order valence-electron chi connectivity index (χ0n) is 14.5. The van der Waals surface area contributed by atoms with E-state index in [-0.39, 0.29) is 5.56 Å². The van der Waals surface area contributed by atoms with Crippen molar-refractivity contribution in [3.8, 4) is 11.3 Å². The highest BCUT2D eigenvalue weighted by molar-refractivity contribution is 6.33. The van der Waals surface area contributed by atoms with E-state index in [0.29, 0.717) is 34.1 Å². The van der Waals surface area contributed by atoms with Crippen molar-refractivity contribution in [1.82, 2.24) is 5.16 Å². The number of primary amides is 1. The lowest BCUT2D eigenvalue weighted by Gasteiger charge is -2.23. The van der Waals surface area contributed by atoms with E-state index in [0.717, 1.165) is 5.56 Å². The van der Waals surface area contributed by atoms with Gasteiger partial charge in [0.15, 0.2) is 0 Å². The van der Waals surface area contributed by atoms with E-state index in [9.17, 15) is 9.59 Å². The maximum atomic E-state index is 13.5. The number of anilines is 1. The van der Waals surface area contributed by atoms with Gasteiger partial charge in [0.2, 0.25) is 5.91 Å². The summed E-state index contributed by atoms with van der Waals surface area (Å²) in [6.07, 6.45) is 0.378. The minimum Gasteiger partial charge on any atom is -0.368 e. The van der Waals surface area contributed by atoms with E-state index in [1.165, 1.54) is 4.90 Å². The van der Waals surface area contributed by atoms with Gasteiger partial charge in [-0.05, 0) is 24.6 Å². The summed E-state index contributed by atoms with van der Waals surface area (Å²) in [7, 11) is 0. The molecule has 2 heterocycles. The minimum atomic E-state index is -0.761. The predicted octanol–water partition coefficient (Wildman–Crippen LogP) is 3.36. The fourth-order valence-electron chi connectivity index (χ4n) is 3.45. The molecule has 0 spiro atoms. The Labute approximate surface area is 160 Å². The van der Waals surface area contributed by atoms with Crippen LogP contribution in [0.5, 0.6) is 0 Å². The van der Waals surface area contributed by atoms with Gasteiger partial charge < -0.3 is 10.3 Å². The average molecular weight is 382 g/mol. The molecule has 2 amide bonds. The topological polar surface area (TPSA) is 89.4 Å². The Kier molecular flexibility index (Phi) is 4.20. The molecule has 1 aliphatic heterocycles. The van der Waals surface area contributed by atoms with Crippen LogP contribution in [0.2, 0.25) is 5.02 Å². The van der Waals surface area contributed by atoms with Crippen LogP contribution in [0.1, 0.15) is 21.7 Å². The summed E-state index contributed by atoms with van der Waals surface area (Å²) in [6, 6.07) is 13.7. The smallest absolute Gasteiger partial charge is 0.264 e. The summed E-state index contributed by atoms with van der Waals surface area (Å²) in [5, 5.41) is 4.49. The van der Waals surface area contributed by atoms with Crippen LogP contribution in [0.15, 0.2) is 53.1 Å². The third-order valence-corrected chi connectivity index (χ3v) is 5.06. The molecule has 3 aromatic rings. The van der Waals surface area contributed by atoms with Crippen molar-refractivity contribution < 1.29 is 14.1 Å². The van der Waals surface area contributed by atoms with E-state index in [2.05, 4.69) is 5.16 Å². The molecule has 1 aromatic heterocycles. The number of fused-ring (bicyclic) bond motifs is 1. The molecule has 0 aliphatic carbocycles. The molecule has 1 aliphatic rings. The Balaban J connectivity index is 1.85. The Hall–Kier alpha value is -3.12. The van der Waals surface area contributed by atoms with Gasteiger partial charge in [-0.15, -0.1) is 0 Å². The predicted molar refractivity (Wildman–Crippen MR) is 102 cm³/mol. The maximum Gasteiger partial charge on any atom is 0.264 e. The van der Waals surface area contributed by atoms with Gasteiger partial charge in [-0.25, -0.2) is 0 Å². The maximum absolute atomic E-state index is 13.5. The molecule has 1 atom stereocenters. The van der Waals surface area contributed by atoms with Gasteiger partial charge in [-0.2, -0.15) is 0 Å². The first kappa shape index (κ1) is 17.3. The van der Waals surface area contributed by atoms with E-state index < -0.39 is 17.9 Å². The summed E-state index contributed by atoms with van der Waals surface area (Å²) in [6.45, 7) is 1.65. The molecule has 0 unspecified atom stereocenters. The van der Waals surface area contributed by atoms with Crippen molar-refractivity contribution in [3.05, 3.63) is 70.4 Å². The summed E-state index contributed by atoms with van der Waals surface area (Å²) in [4.78, 5) is 26.9. The summed E-state index contributed by atoms with van der Waals surface area (Å²) in [5.41, 5.74) is 8.33. The Morgan fingerprint density at radius 2 is 1.89 bits per heavy atom. The molecular weight excluding hydrogens is 366 g/mol. The molecule has 0 saturated heterocycles. The van der Waals surface area contributed by atoms with Gasteiger partial charge >= 0.3 is 0 Å². The van der Waals surface area contributed by atoms with Crippen LogP contribution in [0.25, 0.3) is 11.3 Å². The highest BCUT2D eigenvalue weighted by atomic mass is 35.5. The van der Waals surface area contributed by atoms with Crippen molar-refractivity contribution in [1.29, 1.82) is 0 Å². The highest BCUT2D eigenvalue weighted by Gasteiger charge is 2.40. The number of halogens is 1. The largest absolute Gasteiger partial charge is 0.368 e. The number of carbonyl (C=O) groups excluding carboxylic acids is 2. The van der Waals surface area contributed by atoms with Crippen LogP contribution in [0.4, 0.5) is 5.69 Å². The average Bonchev–Trinajstić information content (AvgIpc) is 3.22. The number of rotatable bonds is 3. The third kappa shape index (κ3) is 2.78. The monoisotopic (exact) mass is 381 g/mol. The standard InChI is InChI=1S/C20H16ClN3O3/c1-11-17(18(23-27-11)13-7-3-4-8-14(13)21)20(26)24-15-9-5-2-6-12(15)10-16(24)19(22)25/h2-9,16H,10H2,1H3,(H2,22,25)/t16-/m0/s1. The normalized spacial score (nSPS) is 15.6. The third-order valence-electron chi connectivity index (χ3n) is 4.73. The summed E-state index contributed by atoms with van der Waals surface area (Å²) < 4.78 is 5.30. The van der Waals surface area contributed by atoms with E-state index in [4.69, 9.17) is 21.9 Å². The molecule has 6 nitrogen and oxygen atoms in total. The van der Waals surface area contributed by atoms with E-state index >= 15 is 0 Å². The number of hydrogen-bond acceptors (Lipinski definition) is 4. The van der Waals surface area contributed by atoms with Gasteiger partial charge in [0.05, 0.1) is 5.02 Å². The molecule has 2 N–H and O–H groups in total. The molecule has 4 rings (SSSR count). The SMILES string of the molecule is Cc1onc(-c2ccccc2Cl)c1C(=O)N1c2ccccc2C[C@H]1C(N)=O. The lowest BCUT2D eigenvalue weighted by atomic mass is 10.0. The van der Waals surface area contributed by atoms with Gasteiger partial charge in [0.25, 0.3) is 5.91 Å². The van der Waals surface area contributed by atoms with Crippen molar-refractivity contribution >= 4 is 29.1 Å². The van der Waals surface area contributed by atoms with Crippen molar-refractivity contribution in [2.45, 2.75) is 19.4 Å². The van der Waals surface area contributed by atoms with Crippen LogP contribution < -0.4 is 10.6 Å². The molecule has 0 saturated carbocycles. The van der Waals surface area contributed by atoms with Crippen molar-refractivity contribution in [3.63, 3.8) is 0 Å². The highest BCUT2D eigenvalue weighted by Crippen LogP contribution is 2.37. The van der Waals surface area contributed by atoms with E-state index in [1.54, 1.807) is 37.3 Å². The number of aryl methyl sites for hydroxylation is 1. The first-order valence-corrected chi connectivity index (χ1v) is 8.78. The molecule has 27 heavy (non-hydrogen) atoms. The molecule has 0 bridgehead atoms. The second kappa shape index (κ2) is 6.55. The molecule has 0 fully saturated rings. The second-order valence-corrected chi connectivity index (χ2v) is 6.78. The number of aromatic nitrogens is 1. The quantitative estimate of drug-likeness (QED) is 0.753. The number of nitrogens with zero attached hydrogens (tertiary/aromatic N) is 2. The number of benzene rings is 2. The van der Waals surface area contributed by atoms with Crippen LogP contribution in [0.3, 0.4) is 0 Å². The lowest BCUT2D eigenvalue weighted by Crippen LogP contribution is -2.46. The van der Waals surface area contributed by atoms with E-state index in [1.807, 2.05) is 18.2 Å². The Morgan fingerprint density at radius 3 is 2.63 bits per heavy atom. The number of amides is 2. The first-order valence-electron chi connectivity index (χ1n) is 8.41. The van der Waals surface area contributed by atoms with Crippen LogP contribution in [0, 0.1) is 6.92 Å². The van der Waals surface area contributed by atoms with Gasteiger partial charge in [0, 0.05) is 17.7 Å². The van der Waals surface area contributed by atoms with Gasteiger partial charge in [0.1, 0.15) is 23.1 Å². The number of nitrogens with two attached hydrogens (primary N) is 1. The van der Waals surface area contributed by atoms with Gasteiger partial charge in [-0.1, -0.05) is 53.2 Å². The number of para-hydroxylation sites is 1. The Morgan fingerprint density at radius 1 is 1.19 bits per heavy atom. The van der Waals surface area contributed by atoms with Gasteiger partial charge in [-0.3, -0.25) is 14.5 Å². The number of hydrogen-bond donors (Lipinski definition) is 1. The van der Waals surface area contributed by atoms with Crippen LogP contribution >= 0.6 is 11.6 Å². The Bertz CT molecular complexity index is 1060. The molecule has 2 aromatic carbocycles. The second-order valence-electron chi connectivity index (χ2n) is 6.37. The molecule has 136 valence electrons. The van der Waals surface area contributed by atoms with Crippen molar-refractivity contribution in [2.24, 2.45) is 5.73 Å². The molecule has 7 heteroatoms. The lowest BCUT2D eigenvalue weighted by molar-refractivity contribution is -0.119. The first-order chi connectivity index (χ1) is 13.0. The van der Waals surface area contributed by atoms with Crippen molar-refractivity contribution in [2.75, 3.05) is 4.90 Å². The zero-order valence-corrected chi connectivity index (χ0v) is 15.2. The summed E-state index contributed by atoms with van der Waals surface area (Å²) in [5.74, 6) is -0.604. The minimum absolute atomic E-state index is 0.269. The fourth-order valence-corrected chi connectivity index (χ4v) is 3.67. The summed E-state index contributed by atoms with van der Waals surface area (Å²) >= 11 is 6.28. The molecular formula is C20H16ClN3O3. The molecule has 0 radical (unpaired) electrons. The van der Waals surface area contributed by atoms with Crippen LogP contribution in [-0.2, 0) is 11.2 Å². The van der Waals surface area contributed by atoms with Crippen LogP contribution in [-0.4, -0.2) is 23.0 Å².